The van der Waals surface area contributed by atoms with Crippen LogP contribution in [0.25, 0.3) is 76.9 Å². The minimum Gasteiger partial charge on any atom is -0.456 e. The van der Waals surface area contributed by atoms with Crippen molar-refractivity contribution in [1.29, 1.82) is 0 Å². The molecule has 1 aromatic heterocycles. The standard InChI is InChI=1S/C50H33NO/c1-3-12-36(13-4-1)46-33-41(29-30-44(46)43-20-11-15-35-14-7-8-18-42(35)43)51(39-16-5-2-6-17-39)40-27-24-34(25-28-40)38-23-22-37-26-31-49-50(47(37)32-38)45-19-9-10-21-48(45)52-49/h1-33H. The van der Waals surface area contributed by atoms with E-state index in [1.807, 2.05) is 12.1 Å². The first-order valence-corrected chi connectivity index (χ1v) is 17.8. The number of benzene rings is 9. The van der Waals surface area contributed by atoms with Gasteiger partial charge < -0.3 is 9.32 Å². The van der Waals surface area contributed by atoms with Crippen LogP contribution in [0.4, 0.5) is 17.1 Å². The lowest BCUT2D eigenvalue weighted by Crippen LogP contribution is -2.10. The minimum absolute atomic E-state index is 0.918. The summed E-state index contributed by atoms with van der Waals surface area (Å²) in [5, 5.41) is 7.22. The Bertz CT molecular complexity index is 2880. The van der Waals surface area contributed by atoms with Crippen molar-refractivity contribution in [3.8, 4) is 33.4 Å². The molecule has 2 heteroatoms. The lowest BCUT2D eigenvalue weighted by Gasteiger charge is -2.27. The van der Waals surface area contributed by atoms with Crippen LogP contribution in [0.2, 0.25) is 0 Å². The first-order chi connectivity index (χ1) is 25.8. The highest BCUT2D eigenvalue weighted by Gasteiger charge is 2.18. The second-order valence-corrected chi connectivity index (χ2v) is 13.3. The number of fused-ring (bicyclic) bond motifs is 6. The van der Waals surface area contributed by atoms with Gasteiger partial charge in [0.2, 0.25) is 0 Å². The molecule has 1 heterocycles. The minimum atomic E-state index is 0.918. The summed E-state index contributed by atoms with van der Waals surface area (Å²) in [6.45, 7) is 0. The van der Waals surface area contributed by atoms with Crippen molar-refractivity contribution in [2.75, 3.05) is 4.90 Å². The van der Waals surface area contributed by atoms with E-state index < -0.39 is 0 Å². The summed E-state index contributed by atoms with van der Waals surface area (Å²) in [6.07, 6.45) is 0. The summed E-state index contributed by atoms with van der Waals surface area (Å²) in [7, 11) is 0. The molecule has 2 nitrogen and oxygen atoms in total. The number of rotatable bonds is 6. The van der Waals surface area contributed by atoms with Gasteiger partial charge in [0.15, 0.2) is 0 Å². The second-order valence-electron chi connectivity index (χ2n) is 13.3. The predicted octanol–water partition coefficient (Wildman–Crippen LogP) is 14.4. The Kier molecular flexibility index (Phi) is 7.18. The van der Waals surface area contributed by atoms with E-state index in [1.54, 1.807) is 0 Å². The Labute approximate surface area is 302 Å². The second kappa shape index (κ2) is 12.5. The number of nitrogens with zero attached hydrogens (tertiary/aromatic N) is 1. The van der Waals surface area contributed by atoms with Crippen LogP contribution in [0, 0.1) is 0 Å². The molecule has 0 aliphatic carbocycles. The summed E-state index contributed by atoms with van der Waals surface area (Å²) < 4.78 is 6.21. The fourth-order valence-electron chi connectivity index (χ4n) is 7.77. The van der Waals surface area contributed by atoms with Crippen molar-refractivity contribution in [2.24, 2.45) is 0 Å². The quantitative estimate of drug-likeness (QED) is 0.176. The molecule has 0 saturated carbocycles. The molecule has 9 aromatic carbocycles. The molecule has 0 atom stereocenters. The van der Waals surface area contributed by atoms with E-state index in [-0.39, 0.29) is 0 Å². The van der Waals surface area contributed by atoms with Gasteiger partial charge in [0.05, 0.1) is 0 Å². The molecule has 0 N–H and O–H groups in total. The van der Waals surface area contributed by atoms with Crippen molar-refractivity contribution >= 4 is 60.5 Å². The first kappa shape index (κ1) is 30.0. The van der Waals surface area contributed by atoms with Crippen LogP contribution in [-0.4, -0.2) is 0 Å². The lowest BCUT2D eigenvalue weighted by molar-refractivity contribution is 0.669. The molecule has 0 radical (unpaired) electrons. The highest BCUT2D eigenvalue weighted by Crippen LogP contribution is 2.43. The highest BCUT2D eigenvalue weighted by molar-refractivity contribution is 6.19. The van der Waals surface area contributed by atoms with E-state index in [0.717, 1.165) is 33.6 Å². The monoisotopic (exact) mass is 663 g/mol. The summed E-state index contributed by atoms with van der Waals surface area (Å²) in [5.41, 5.74) is 12.3. The zero-order valence-electron chi connectivity index (χ0n) is 28.4. The fourth-order valence-corrected chi connectivity index (χ4v) is 7.77. The van der Waals surface area contributed by atoms with Crippen LogP contribution in [-0.2, 0) is 0 Å². The Morgan fingerprint density at radius 3 is 1.79 bits per heavy atom. The van der Waals surface area contributed by atoms with E-state index >= 15 is 0 Å². The van der Waals surface area contributed by atoms with Gasteiger partial charge in [-0.3, -0.25) is 0 Å². The molecule has 0 amide bonds. The van der Waals surface area contributed by atoms with Gasteiger partial charge in [-0.25, -0.2) is 0 Å². The molecule has 0 bridgehead atoms. The number of para-hydroxylation sites is 2. The normalized spacial score (nSPS) is 11.5. The van der Waals surface area contributed by atoms with Gasteiger partial charge in [0.25, 0.3) is 0 Å². The molecule has 10 rings (SSSR count). The maximum absolute atomic E-state index is 6.21. The SMILES string of the molecule is c1ccc(-c2cc(N(c3ccccc3)c3ccc(-c4ccc5ccc6oc7ccccc7c6c5c4)cc3)ccc2-c2cccc3ccccc23)cc1. The lowest BCUT2D eigenvalue weighted by atomic mass is 9.90. The number of hydrogen-bond acceptors (Lipinski definition) is 2. The van der Waals surface area contributed by atoms with Crippen molar-refractivity contribution in [3.63, 3.8) is 0 Å². The molecule has 10 aromatic rings. The topological polar surface area (TPSA) is 16.4 Å². The average molecular weight is 664 g/mol. The molecule has 0 unspecified atom stereocenters. The van der Waals surface area contributed by atoms with Gasteiger partial charge in [-0.1, -0.05) is 146 Å². The van der Waals surface area contributed by atoms with Gasteiger partial charge in [-0.05, 0) is 110 Å². The number of furan rings is 1. The fraction of sp³-hybridized carbons (Fsp3) is 0. The number of anilines is 3. The summed E-state index contributed by atoms with van der Waals surface area (Å²) in [4.78, 5) is 2.35. The Balaban J connectivity index is 1.10. The van der Waals surface area contributed by atoms with E-state index in [1.165, 1.54) is 60.3 Å². The molecular weight excluding hydrogens is 631 g/mol. The Morgan fingerprint density at radius 2 is 0.942 bits per heavy atom. The van der Waals surface area contributed by atoms with Crippen molar-refractivity contribution in [2.45, 2.75) is 0 Å². The third-order valence-electron chi connectivity index (χ3n) is 10.3. The maximum atomic E-state index is 6.21. The van der Waals surface area contributed by atoms with Crippen LogP contribution in [0.5, 0.6) is 0 Å². The summed E-state index contributed by atoms with van der Waals surface area (Å²) >= 11 is 0. The Morgan fingerprint density at radius 1 is 0.308 bits per heavy atom. The molecule has 0 fully saturated rings. The van der Waals surface area contributed by atoms with Crippen LogP contribution in [0.15, 0.2) is 205 Å². The average Bonchev–Trinajstić information content (AvgIpc) is 3.61. The van der Waals surface area contributed by atoms with Crippen molar-refractivity contribution < 1.29 is 4.42 Å². The van der Waals surface area contributed by atoms with Gasteiger partial charge >= 0.3 is 0 Å². The zero-order chi connectivity index (χ0) is 34.4. The van der Waals surface area contributed by atoms with Gasteiger partial charge in [-0.2, -0.15) is 0 Å². The zero-order valence-corrected chi connectivity index (χ0v) is 28.4. The third-order valence-corrected chi connectivity index (χ3v) is 10.3. The van der Waals surface area contributed by atoms with Crippen molar-refractivity contribution in [3.05, 3.63) is 200 Å². The number of hydrogen-bond donors (Lipinski definition) is 0. The van der Waals surface area contributed by atoms with E-state index in [9.17, 15) is 0 Å². The van der Waals surface area contributed by atoms with Gasteiger partial charge in [0.1, 0.15) is 11.2 Å². The Hall–Kier alpha value is -6.90. The molecular formula is C50H33NO. The van der Waals surface area contributed by atoms with Crippen LogP contribution >= 0.6 is 0 Å². The molecule has 244 valence electrons. The summed E-state index contributed by atoms with van der Waals surface area (Å²) in [6, 6.07) is 71.8. The summed E-state index contributed by atoms with van der Waals surface area (Å²) in [5.74, 6) is 0. The van der Waals surface area contributed by atoms with Gasteiger partial charge in [0, 0.05) is 27.8 Å². The largest absolute Gasteiger partial charge is 0.456 e. The van der Waals surface area contributed by atoms with Crippen LogP contribution in [0.1, 0.15) is 0 Å². The third kappa shape index (κ3) is 5.12. The molecule has 52 heavy (non-hydrogen) atoms. The molecule has 0 aliphatic heterocycles. The van der Waals surface area contributed by atoms with E-state index in [0.29, 0.717) is 0 Å². The van der Waals surface area contributed by atoms with Gasteiger partial charge in [-0.15, -0.1) is 0 Å². The maximum Gasteiger partial charge on any atom is 0.136 e. The van der Waals surface area contributed by atoms with E-state index in [4.69, 9.17) is 4.42 Å². The van der Waals surface area contributed by atoms with Crippen molar-refractivity contribution in [1.82, 2.24) is 0 Å². The molecule has 0 spiro atoms. The van der Waals surface area contributed by atoms with E-state index in [2.05, 4.69) is 193 Å². The first-order valence-electron chi connectivity index (χ1n) is 17.8. The molecule has 0 aliphatic rings. The highest BCUT2D eigenvalue weighted by atomic mass is 16.3. The smallest absolute Gasteiger partial charge is 0.136 e. The van der Waals surface area contributed by atoms with Crippen LogP contribution in [0.3, 0.4) is 0 Å². The predicted molar refractivity (Wildman–Crippen MR) is 220 cm³/mol. The molecule has 0 saturated heterocycles. The van der Waals surface area contributed by atoms with Crippen LogP contribution < -0.4 is 4.90 Å².